The minimum atomic E-state index is -0.443. The van der Waals surface area contributed by atoms with Gasteiger partial charge in [0.1, 0.15) is 6.61 Å². The third-order valence-corrected chi connectivity index (χ3v) is 2.88. The van der Waals surface area contributed by atoms with Gasteiger partial charge in [-0.2, -0.15) is 0 Å². The molecule has 1 amide bonds. The van der Waals surface area contributed by atoms with Crippen LogP contribution in [0.4, 0.5) is 0 Å². The molecule has 1 heterocycles. The lowest BCUT2D eigenvalue weighted by Gasteiger charge is -2.19. The first-order valence-corrected chi connectivity index (χ1v) is 6.78. The Morgan fingerprint density at radius 1 is 1.35 bits per heavy atom. The van der Waals surface area contributed by atoms with Crippen LogP contribution in [0.3, 0.4) is 0 Å². The molecule has 20 heavy (non-hydrogen) atoms. The highest BCUT2D eigenvalue weighted by Gasteiger charge is 2.20. The monoisotopic (exact) mass is 278 g/mol. The van der Waals surface area contributed by atoms with Crippen LogP contribution in [0.15, 0.2) is 24.4 Å². The second-order valence-corrected chi connectivity index (χ2v) is 5.02. The number of carbonyl (C=O) groups excluding carboxylic acids is 2. The molecule has 1 rings (SSSR count). The van der Waals surface area contributed by atoms with Gasteiger partial charge in [-0.15, -0.1) is 0 Å². The third-order valence-electron chi connectivity index (χ3n) is 2.88. The fraction of sp³-hybridized carbons (Fsp3) is 0.533. The molecule has 110 valence electrons. The number of nitrogens with one attached hydrogen (secondary N) is 1. The minimum absolute atomic E-state index is 0.0384. The molecule has 0 radical (unpaired) electrons. The summed E-state index contributed by atoms with van der Waals surface area (Å²) < 4.78 is 5.30. The molecule has 0 aliphatic carbocycles. The van der Waals surface area contributed by atoms with E-state index in [0.29, 0.717) is 13.0 Å². The summed E-state index contributed by atoms with van der Waals surface area (Å²) >= 11 is 0. The molecule has 1 aromatic heterocycles. The van der Waals surface area contributed by atoms with Crippen molar-refractivity contribution in [2.24, 2.45) is 5.92 Å². The van der Waals surface area contributed by atoms with E-state index in [0.717, 1.165) is 5.69 Å². The Bertz CT molecular complexity index is 432. The van der Waals surface area contributed by atoms with Gasteiger partial charge in [-0.05, 0) is 25.0 Å². The maximum atomic E-state index is 11.7. The van der Waals surface area contributed by atoms with Gasteiger partial charge in [-0.1, -0.05) is 19.9 Å². The topological polar surface area (TPSA) is 68.3 Å². The molecule has 0 aliphatic rings. The number of rotatable bonds is 8. The van der Waals surface area contributed by atoms with Gasteiger partial charge in [0.2, 0.25) is 5.91 Å². The van der Waals surface area contributed by atoms with Crippen molar-refractivity contribution < 1.29 is 14.3 Å². The lowest BCUT2D eigenvalue weighted by Crippen LogP contribution is -2.44. The van der Waals surface area contributed by atoms with E-state index in [4.69, 9.17) is 4.74 Å². The van der Waals surface area contributed by atoms with Crippen LogP contribution < -0.4 is 5.32 Å². The second kappa shape index (κ2) is 8.43. The van der Waals surface area contributed by atoms with Gasteiger partial charge < -0.3 is 10.1 Å². The smallest absolute Gasteiger partial charge is 0.246 e. The van der Waals surface area contributed by atoms with Crippen molar-refractivity contribution in [1.29, 1.82) is 0 Å². The molecule has 0 aromatic carbocycles. The summed E-state index contributed by atoms with van der Waals surface area (Å²) in [5.41, 5.74) is 0.928. The van der Waals surface area contributed by atoms with Crippen molar-refractivity contribution in [3.8, 4) is 0 Å². The van der Waals surface area contributed by atoms with Crippen LogP contribution in [0.25, 0.3) is 0 Å². The number of Topliss-reactive ketones (excluding diaryl/α,β-unsaturated/α-hetero) is 1. The Morgan fingerprint density at radius 3 is 2.65 bits per heavy atom. The van der Waals surface area contributed by atoms with E-state index in [2.05, 4.69) is 10.3 Å². The molecule has 1 N–H and O–H groups in total. The molecule has 0 bridgehead atoms. The molecule has 5 nitrogen and oxygen atoms in total. The quantitative estimate of drug-likeness (QED) is 0.729. The zero-order chi connectivity index (χ0) is 15.0. The maximum absolute atomic E-state index is 11.7. The van der Waals surface area contributed by atoms with Crippen LogP contribution in [0.5, 0.6) is 0 Å². The maximum Gasteiger partial charge on any atom is 0.246 e. The molecular weight excluding hydrogens is 256 g/mol. The summed E-state index contributed by atoms with van der Waals surface area (Å²) in [5, 5.41) is 2.69. The van der Waals surface area contributed by atoms with Crippen molar-refractivity contribution >= 4 is 11.7 Å². The fourth-order valence-electron chi connectivity index (χ4n) is 1.84. The summed E-state index contributed by atoms with van der Waals surface area (Å²) in [6.07, 6.45) is 2.39. The van der Waals surface area contributed by atoms with Gasteiger partial charge in [0.05, 0.1) is 12.6 Å². The Hall–Kier alpha value is -1.75. The first kappa shape index (κ1) is 16.3. The predicted molar refractivity (Wildman–Crippen MR) is 76.2 cm³/mol. The average molecular weight is 278 g/mol. The summed E-state index contributed by atoms with van der Waals surface area (Å²) in [5.74, 6) is -0.230. The largest absolute Gasteiger partial charge is 0.371 e. The number of ketones is 1. The van der Waals surface area contributed by atoms with Crippen LogP contribution in [-0.2, 0) is 20.7 Å². The van der Waals surface area contributed by atoms with E-state index in [1.54, 1.807) is 6.20 Å². The molecule has 1 aromatic rings. The van der Waals surface area contributed by atoms with E-state index in [1.807, 2.05) is 32.0 Å². The fourth-order valence-corrected chi connectivity index (χ4v) is 1.84. The predicted octanol–water partition coefficient (Wildman–Crippen LogP) is 1.37. The standard InChI is InChI=1S/C15H22N2O3/c1-11(2)15(12(3)18)17-14(19)10-20-9-7-13-6-4-5-8-16-13/h4-6,8,11,15H,7,9-10H2,1-3H3,(H,17,19). The lowest BCUT2D eigenvalue weighted by molar-refractivity contribution is -0.130. The number of hydrogen-bond acceptors (Lipinski definition) is 4. The number of nitrogens with zero attached hydrogens (tertiary/aromatic N) is 1. The van der Waals surface area contributed by atoms with Gasteiger partial charge >= 0.3 is 0 Å². The van der Waals surface area contributed by atoms with Gasteiger partial charge in [0.25, 0.3) is 0 Å². The SMILES string of the molecule is CC(=O)C(NC(=O)COCCc1ccccn1)C(C)C. The van der Waals surface area contributed by atoms with Crippen LogP contribution in [0.2, 0.25) is 0 Å². The van der Waals surface area contributed by atoms with Crippen LogP contribution in [0.1, 0.15) is 26.5 Å². The molecule has 1 atom stereocenters. The van der Waals surface area contributed by atoms with Crippen molar-refractivity contribution in [3.63, 3.8) is 0 Å². The first-order valence-electron chi connectivity index (χ1n) is 6.78. The summed E-state index contributed by atoms with van der Waals surface area (Å²) in [4.78, 5) is 27.2. The average Bonchev–Trinajstić information content (AvgIpc) is 2.41. The van der Waals surface area contributed by atoms with E-state index in [1.165, 1.54) is 6.92 Å². The number of ether oxygens (including phenoxy) is 1. The normalized spacial score (nSPS) is 12.2. The Labute approximate surface area is 119 Å². The van der Waals surface area contributed by atoms with Crippen molar-refractivity contribution in [2.75, 3.05) is 13.2 Å². The van der Waals surface area contributed by atoms with Crippen molar-refractivity contribution in [2.45, 2.75) is 33.2 Å². The van der Waals surface area contributed by atoms with Gasteiger partial charge in [-0.3, -0.25) is 14.6 Å². The number of amides is 1. The van der Waals surface area contributed by atoms with E-state index >= 15 is 0 Å². The number of hydrogen-bond donors (Lipinski definition) is 1. The van der Waals surface area contributed by atoms with Crippen molar-refractivity contribution in [1.82, 2.24) is 10.3 Å². The van der Waals surface area contributed by atoms with Crippen LogP contribution >= 0.6 is 0 Å². The first-order chi connectivity index (χ1) is 9.50. The zero-order valence-corrected chi connectivity index (χ0v) is 12.3. The summed E-state index contributed by atoms with van der Waals surface area (Å²) in [6, 6.07) is 5.23. The Morgan fingerprint density at radius 2 is 2.10 bits per heavy atom. The Balaban J connectivity index is 2.24. The molecular formula is C15H22N2O3. The van der Waals surface area contributed by atoms with E-state index in [9.17, 15) is 9.59 Å². The summed E-state index contributed by atoms with van der Waals surface area (Å²) in [6.45, 7) is 5.66. The third kappa shape index (κ3) is 5.93. The Kier molecular flexibility index (Phi) is 6.87. The number of pyridine rings is 1. The molecule has 0 saturated heterocycles. The number of carbonyl (C=O) groups is 2. The zero-order valence-electron chi connectivity index (χ0n) is 12.3. The van der Waals surface area contributed by atoms with Gasteiger partial charge in [0, 0.05) is 18.3 Å². The lowest BCUT2D eigenvalue weighted by atomic mass is 10.0. The highest BCUT2D eigenvalue weighted by molar-refractivity contribution is 5.88. The summed E-state index contributed by atoms with van der Waals surface area (Å²) in [7, 11) is 0. The molecule has 0 aliphatic heterocycles. The number of aromatic nitrogens is 1. The van der Waals surface area contributed by atoms with Crippen LogP contribution in [0, 0.1) is 5.92 Å². The minimum Gasteiger partial charge on any atom is -0.371 e. The van der Waals surface area contributed by atoms with Crippen LogP contribution in [-0.4, -0.2) is 35.9 Å². The second-order valence-electron chi connectivity index (χ2n) is 5.02. The van der Waals surface area contributed by atoms with Gasteiger partial charge in [-0.25, -0.2) is 0 Å². The molecule has 5 heteroatoms. The van der Waals surface area contributed by atoms with Crippen molar-refractivity contribution in [3.05, 3.63) is 30.1 Å². The van der Waals surface area contributed by atoms with E-state index in [-0.39, 0.29) is 24.2 Å². The highest BCUT2D eigenvalue weighted by atomic mass is 16.5. The molecule has 0 spiro atoms. The van der Waals surface area contributed by atoms with Gasteiger partial charge in [0.15, 0.2) is 5.78 Å². The highest BCUT2D eigenvalue weighted by Crippen LogP contribution is 2.02. The molecule has 0 saturated carbocycles. The molecule has 0 fully saturated rings. The van der Waals surface area contributed by atoms with E-state index < -0.39 is 6.04 Å². The molecule has 1 unspecified atom stereocenters.